The molecule has 0 spiro atoms. The van der Waals surface area contributed by atoms with Crippen LogP contribution in [0.25, 0.3) is 0 Å². The van der Waals surface area contributed by atoms with Gasteiger partial charge in [0.15, 0.2) is 0 Å². The highest BCUT2D eigenvalue weighted by molar-refractivity contribution is 5.91. The summed E-state index contributed by atoms with van der Waals surface area (Å²) in [5, 5.41) is 21.0. The number of anilines is 1. The normalized spacial score (nSPS) is 15.9. The van der Waals surface area contributed by atoms with Crippen molar-refractivity contribution in [3.63, 3.8) is 0 Å². The van der Waals surface area contributed by atoms with E-state index in [2.05, 4.69) is 20.8 Å². The zero-order chi connectivity index (χ0) is 14.0. The Labute approximate surface area is 110 Å². The van der Waals surface area contributed by atoms with Gasteiger partial charge in [-0.1, -0.05) is 0 Å². The molecule has 2 rings (SSSR count). The van der Waals surface area contributed by atoms with E-state index in [0.29, 0.717) is 11.4 Å². The first-order valence-electron chi connectivity index (χ1n) is 6.28. The van der Waals surface area contributed by atoms with Crippen LogP contribution in [0.4, 0.5) is 10.5 Å². The molecular weight excluding hydrogens is 248 g/mol. The molecule has 7 heteroatoms. The van der Waals surface area contributed by atoms with E-state index in [1.807, 2.05) is 6.92 Å². The van der Waals surface area contributed by atoms with Crippen LogP contribution in [-0.4, -0.2) is 33.3 Å². The van der Waals surface area contributed by atoms with Crippen molar-refractivity contribution in [2.24, 2.45) is 5.92 Å². The van der Waals surface area contributed by atoms with Gasteiger partial charge in [-0.25, -0.2) is 4.79 Å². The molecule has 0 radical (unpaired) electrons. The minimum absolute atomic E-state index is 0.0402. The third-order valence-electron chi connectivity index (χ3n) is 3.27. The van der Waals surface area contributed by atoms with Gasteiger partial charge in [-0.3, -0.25) is 9.89 Å². The molecule has 0 saturated heterocycles. The van der Waals surface area contributed by atoms with Crippen LogP contribution < -0.4 is 10.6 Å². The number of urea groups is 1. The minimum Gasteiger partial charge on any atom is -0.481 e. The monoisotopic (exact) mass is 266 g/mol. The number of H-pyrrole nitrogens is 1. The predicted molar refractivity (Wildman–Crippen MR) is 69.0 cm³/mol. The topological polar surface area (TPSA) is 107 Å². The van der Waals surface area contributed by atoms with Crippen LogP contribution in [0.1, 0.15) is 30.7 Å². The van der Waals surface area contributed by atoms with E-state index >= 15 is 0 Å². The molecule has 1 fully saturated rings. The van der Waals surface area contributed by atoms with E-state index in [0.717, 1.165) is 18.5 Å². The lowest BCUT2D eigenvalue weighted by Gasteiger charge is -2.16. The summed E-state index contributed by atoms with van der Waals surface area (Å²) >= 11 is 0. The summed E-state index contributed by atoms with van der Waals surface area (Å²) in [6, 6.07) is -0.684. The highest BCUT2D eigenvalue weighted by Crippen LogP contribution is 2.34. The Balaban J connectivity index is 1.94. The Hall–Kier alpha value is -2.05. The predicted octanol–water partition coefficient (Wildman–Crippen LogP) is 1.40. The molecular formula is C12H18N4O3. The number of hydrogen-bond donors (Lipinski definition) is 4. The summed E-state index contributed by atoms with van der Waals surface area (Å²) in [4.78, 5) is 22.6. The Kier molecular flexibility index (Phi) is 3.73. The van der Waals surface area contributed by atoms with Gasteiger partial charge in [-0.05, 0) is 32.6 Å². The number of aliphatic carboxylic acids is 1. The van der Waals surface area contributed by atoms with Gasteiger partial charge < -0.3 is 15.7 Å². The summed E-state index contributed by atoms with van der Waals surface area (Å²) in [5.41, 5.74) is 2.12. The van der Waals surface area contributed by atoms with Crippen molar-refractivity contribution >= 4 is 17.7 Å². The Bertz CT molecular complexity index is 474. The molecule has 1 aromatic rings. The van der Waals surface area contributed by atoms with Crippen molar-refractivity contribution in [1.29, 1.82) is 0 Å². The fourth-order valence-corrected chi connectivity index (χ4v) is 2.08. The smallest absolute Gasteiger partial charge is 0.319 e. The van der Waals surface area contributed by atoms with E-state index < -0.39 is 5.97 Å². The molecule has 1 aliphatic carbocycles. The standard InChI is InChI=1S/C12H18N4O3/c1-6-11(7(2)16-15-6)14-12(19)13-9(5-10(17)18)8-3-4-8/h8-9H,3-5H2,1-2H3,(H,15,16)(H,17,18)(H2,13,14,19). The number of aryl methyl sites for hydroxylation is 2. The van der Waals surface area contributed by atoms with Gasteiger partial charge in [-0.15, -0.1) is 0 Å². The Morgan fingerprint density at radius 3 is 2.63 bits per heavy atom. The number of carboxylic acids is 1. The zero-order valence-corrected chi connectivity index (χ0v) is 11.0. The average molecular weight is 266 g/mol. The number of nitrogens with zero attached hydrogens (tertiary/aromatic N) is 1. The lowest BCUT2D eigenvalue weighted by atomic mass is 10.1. The number of hydrogen-bond acceptors (Lipinski definition) is 3. The van der Waals surface area contributed by atoms with Crippen LogP contribution in [0.15, 0.2) is 0 Å². The lowest BCUT2D eigenvalue weighted by molar-refractivity contribution is -0.137. The maximum atomic E-state index is 11.9. The molecule has 7 nitrogen and oxygen atoms in total. The van der Waals surface area contributed by atoms with Crippen molar-refractivity contribution in [1.82, 2.24) is 15.5 Å². The first kappa shape index (κ1) is 13.4. The number of amides is 2. The molecule has 0 aromatic carbocycles. The highest BCUT2D eigenvalue weighted by Gasteiger charge is 2.33. The average Bonchev–Trinajstić information content (AvgIpc) is 3.11. The quantitative estimate of drug-likeness (QED) is 0.646. The minimum atomic E-state index is -0.895. The number of aromatic amines is 1. The molecule has 1 atom stereocenters. The summed E-state index contributed by atoms with van der Waals surface area (Å²) < 4.78 is 0. The van der Waals surface area contributed by atoms with Crippen LogP contribution in [-0.2, 0) is 4.79 Å². The maximum Gasteiger partial charge on any atom is 0.319 e. The maximum absolute atomic E-state index is 11.9. The van der Waals surface area contributed by atoms with E-state index in [1.165, 1.54) is 0 Å². The third kappa shape index (κ3) is 3.46. The van der Waals surface area contributed by atoms with Gasteiger partial charge >= 0.3 is 12.0 Å². The largest absolute Gasteiger partial charge is 0.481 e. The van der Waals surface area contributed by atoms with Crippen LogP contribution in [0.5, 0.6) is 0 Å². The summed E-state index contributed by atoms with van der Waals surface area (Å²) in [5.74, 6) is -0.610. The molecule has 1 aromatic heterocycles. The molecule has 4 N–H and O–H groups in total. The van der Waals surface area contributed by atoms with Gasteiger partial charge in [0.25, 0.3) is 0 Å². The first-order chi connectivity index (χ1) is 8.97. The number of aromatic nitrogens is 2. The zero-order valence-electron chi connectivity index (χ0n) is 11.0. The van der Waals surface area contributed by atoms with Crippen molar-refractivity contribution in [3.05, 3.63) is 11.4 Å². The van der Waals surface area contributed by atoms with Gasteiger partial charge in [0.2, 0.25) is 0 Å². The third-order valence-corrected chi connectivity index (χ3v) is 3.27. The SMILES string of the molecule is Cc1n[nH]c(C)c1NC(=O)NC(CC(=O)O)C1CC1. The van der Waals surface area contributed by atoms with Crippen LogP contribution in [0.3, 0.4) is 0 Å². The van der Waals surface area contributed by atoms with Gasteiger partial charge in [0, 0.05) is 6.04 Å². The van der Waals surface area contributed by atoms with Gasteiger partial charge in [0.05, 0.1) is 23.5 Å². The molecule has 1 saturated carbocycles. The van der Waals surface area contributed by atoms with Crippen molar-refractivity contribution in [3.8, 4) is 0 Å². The number of carbonyl (C=O) groups is 2. The van der Waals surface area contributed by atoms with Gasteiger partial charge in [0.1, 0.15) is 0 Å². The molecule has 104 valence electrons. The fraction of sp³-hybridized carbons (Fsp3) is 0.583. The van der Waals surface area contributed by atoms with Crippen LogP contribution in [0, 0.1) is 19.8 Å². The number of carboxylic acid groups (broad SMARTS) is 1. The van der Waals surface area contributed by atoms with E-state index in [9.17, 15) is 9.59 Å². The van der Waals surface area contributed by atoms with Crippen molar-refractivity contribution < 1.29 is 14.7 Å². The molecule has 0 aliphatic heterocycles. The fourth-order valence-electron chi connectivity index (χ4n) is 2.08. The Morgan fingerprint density at radius 1 is 1.47 bits per heavy atom. The van der Waals surface area contributed by atoms with E-state index in [4.69, 9.17) is 5.11 Å². The Morgan fingerprint density at radius 2 is 2.16 bits per heavy atom. The summed E-state index contributed by atoms with van der Waals surface area (Å²) in [6.07, 6.45) is 1.91. The van der Waals surface area contributed by atoms with Crippen molar-refractivity contribution in [2.75, 3.05) is 5.32 Å². The highest BCUT2D eigenvalue weighted by atomic mass is 16.4. The van der Waals surface area contributed by atoms with Gasteiger partial charge in [-0.2, -0.15) is 5.10 Å². The number of carbonyl (C=O) groups excluding carboxylic acids is 1. The molecule has 19 heavy (non-hydrogen) atoms. The number of rotatable bonds is 5. The lowest BCUT2D eigenvalue weighted by Crippen LogP contribution is -2.40. The van der Waals surface area contributed by atoms with Crippen LogP contribution in [0.2, 0.25) is 0 Å². The van der Waals surface area contributed by atoms with E-state index in [-0.39, 0.29) is 24.4 Å². The molecule has 0 bridgehead atoms. The molecule has 2 amide bonds. The van der Waals surface area contributed by atoms with Crippen molar-refractivity contribution in [2.45, 2.75) is 39.2 Å². The second-order valence-electron chi connectivity index (χ2n) is 4.95. The number of nitrogens with one attached hydrogen (secondary N) is 3. The first-order valence-corrected chi connectivity index (χ1v) is 6.28. The summed E-state index contributed by atoms with van der Waals surface area (Å²) in [6.45, 7) is 3.60. The molecule has 1 heterocycles. The second-order valence-corrected chi connectivity index (χ2v) is 4.95. The van der Waals surface area contributed by atoms with E-state index in [1.54, 1.807) is 6.92 Å². The summed E-state index contributed by atoms with van der Waals surface area (Å²) in [7, 11) is 0. The second kappa shape index (κ2) is 5.29. The molecule has 1 unspecified atom stereocenters. The molecule has 1 aliphatic rings. The van der Waals surface area contributed by atoms with Crippen LogP contribution >= 0.6 is 0 Å².